The standard InChI is InChI=1S/C14H18F3N3/c1-10-4-13(6-18-5-10)19-7-11-2-3-12(8-19)20(11)9-14(15,16)17/h4-6,11-12H,2-3,7-9H2,1H3. The molecule has 20 heavy (non-hydrogen) atoms. The van der Waals surface area contributed by atoms with Crippen molar-refractivity contribution in [2.45, 2.75) is 38.0 Å². The van der Waals surface area contributed by atoms with Gasteiger partial charge in [-0.1, -0.05) is 0 Å². The Hall–Kier alpha value is -1.30. The Morgan fingerprint density at radius 3 is 2.40 bits per heavy atom. The first-order chi connectivity index (χ1) is 9.42. The largest absolute Gasteiger partial charge is 0.401 e. The third-order valence-corrected chi connectivity index (χ3v) is 4.22. The van der Waals surface area contributed by atoms with Crippen LogP contribution in [0, 0.1) is 6.92 Å². The third kappa shape index (κ3) is 2.75. The van der Waals surface area contributed by atoms with E-state index < -0.39 is 12.7 Å². The molecule has 2 fully saturated rings. The second kappa shape index (κ2) is 4.91. The molecule has 6 heteroatoms. The lowest BCUT2D eigenvalue weighted by Crippen LogP contribution is -2.56. The average molecular weight is 285 g/mol. The summed E-state index contributed by atoms with van der Waals surface area (Å²) in [6.07, 6.45) is 1.20. The highest BCUT2D eigenvalue weighted by Crippen LogP contribution is 2.34. The highest BCUT2D eigenvalue weighted by molar-refractivity contribution is 5.47. The first kappa shape index (κ1) is 13.7. The number of piperazine rings is 1. The second-order valence-corrected chi connectivity index (χ2v) is 5.80. The molecule has 2 atom stereocenters. The van der Waals surface area contributed by atoms with Crippen LogP contribution in [-0.2, 0) is 0 Å². The zero-order valence-electron chi connectivity index (χ0n) is 11.4. The van der Waals surface area contributed by atoms with Crippen molar-refractivity contribution in [1.29, 1.82) is 0 Å². The van der Waals surface area contributed by atoms with E-state index in [0.717, 1.165) is 24.1 Å². The summed E-state index contributed by atoms with van der Waals surface area (Å²) in [5.41, 5.74) is 2.10. The van der Waals surface area contributed by atoms with Gasteiger partial charge in [-0.2, -0.15) is 13.2 Å². The van der Waals surface area contributed by atoms with Crippen LogP contribution in [0.3, 0.4) is 0 Å². The second-order valence-electron chi connectivity index (χ2n) is 5.80. The van der Waals surface area contributed by atoms with Crippen LogP contribution in [0.4, 0.5) is 18.9 Å². The van der Waals surface area contributed by atoms with Gasteiger partial charge in [0.05, 0.1) is 18.4 Å². The lowest BCUT2D eigenvalue weighted by Gasteiger charge is -2.42. The van der Waals surface area contributed by atoms with E-state index in [9.17, 15) is 13.2 Å². The van der Waals surface area contributed by atoms with Crippen molar-refractivity contribution in [2.75, 3.05) is 24.5 Å². The topological polar surface area (TPSA) is 19.4 Å². The van der Waals surface area contributed by atoms with Gasteiger partial charge in [0.1, 0.15) is 0 Å². The highest BCUT2D eigenvalue weighted by Gasteiger charge is 2.44. The van der Waals surface area contributed by atoms with E-state index in [-0.39, 0.29) is 12.1 Å². The van der Waals surface area contributed by atoms with Gasteiger partial charge in [0.15, 0.2) is 0 Å². The predicted octanol–water partition coefficient (Wildman–Crippen LogP) is 2.61. The Kier molecular flexibility index (Phi) is 3.36. The van der Waals surface area contributed by atoms with Crippen molar-refractivity contribution in [2.24, 2.45) is 0 Å². The molecule has 0 aliphatic carbocycles. The van der Waals surface area contributed by atoms with Crippen molar-refractivity contribution in [3.63, 3.8) is 0 Å². The fraction of sp³-hybridized carbons (Fsp3) is 0.643. The minimum Gasteiger partial charge on any atom is -0.367 e. The first-order valence-corrected chi connectivity index (χ1v) is 6.91. The SMILES string of the molecule is Cc1cncc(N2CC3CCC(C2)N3CC(F)(F)F)c1. The Bertz CT molecular complexity index is 475. The number of hydrogen-bond acceptors (Lipinski definition) is 3. The summed E-state index contributed by atoms with van der Waals surface area (Å²) in [5, 5.41) is 0. The number of fused-ring (bicyclic) bond motifs is 2. The molecule has 3 nitrogen and oxygen atoms in total. The van der Waals surface area contributed by atoms with E-state index in [0.29, 0.717) is 13.1 Å². The summed E-state index contributed by atoms with van der Waals surface area (Å²) in [7, 11) is 0. The highest BCUT2D eigenvalue weighted by atomic mass is 19.4. The molecule has 2 bridgehead atoms. The zero-order valence-corrected chi connectivity index (χ0v) is 11.4. The van der Waals surface area contributed by atoms with Crippen LogP contribution in [0.5, 0.6) is 0 Å². The Labute approximate surface area is 116 Å². The fourth-order valence-electron chi connectivity index (χ4n) is 3.38. The smallest absolute Gasteiger partial charge is 0.367 e. The van der Waals surface area contributed by atoms with Gasteiger partial charge in [0, 0.05) is 31.4 Å². The molecule has 0 saturated carbocycles. The molecule has 0 aromatic carbocycles. The van der Waals surface area contributed by atoms with Gasteiger partial charge in [-0.25, -0.2) is 0 Å². The molecule has 110 valence electrons. The normalized spacial score (nSPS) is 27.1. The molecule has 3 rings (SSSR count). The number of hydrogen-bond donors (Lipinski definition) is 0. The summed E-state index contributed by atoms with van der Waals surface area (Å²) in [6, 6.07) is 2.07. The summed E-state index contributed by atoms with van der Waals surface area (Å²) < 4.78 is 37.9. The lowest BCUT2D eigenvalue weighted by atomic mass is 10.1. The van der Waals surface area contributed by atoms with Gasteiger partial charge >= 0.3 is 6.18 Å². The maximum Gasteiger partial charge on any atom is 0.401 e. The van der Waals surface area contributed by atoms with Crippen molar-refractivity contribution < 1.29 is 13.2 Å². The monoisotopic (exact) mass is 285 g/mol. The molecule has 2 saturated heterocycles. The molecule has 1 aromatic rings. The molecule has 3 heterocycles. The van der Waals surface area contributed by atoms with Crippen molar-refractivity contribution in [3.8, 4) is 0 Å². The minimum atomic E-state index is -4.10. The summed E-state index contributed by atoms with van der Waals surface area (Å²) in [5.74, 6) is 0. The molecule has 0 radical (unpaired) electrons. The van der Waals surface area contributed by atoms with E-state index >= 15 is 0 Å². The predicted molar refractivity (Wildman–Crippen MR) is 70.8 cm³/mol. The third-order valence-electron chi connectivity index (χ3n) is 4.22. The van der Waals surface area contributed by atoms with Crippen LogP contribution in [0.1, 0.15) is 18.4 Å². The van der Waals surface area contributed by atoms with E-state index in [1.54, 1.807) is 17.3 Å². The molecule has 0 spiro atoms. The number of aromatic nitrogens is 1. The number of halogens is 3. The van der Waals surface area contributed by atoms with E-state index in [4.69, 9.17) is 0 Å². The summed E-state index contributed by atoms with van der Waals surface area (Å²) in [6.45, 7) is 2.53. The average Bonchev–Trinajstić information content (AvgIpc) is 2.60. The van der Waals surface area contributed by atoms with Gasteiger partial charge in [-0.05, 0) is 31.4 Å². The number of anilines is 1. The summed E-state index contributed by atoms with van der Waals surface area (Å²) >= 11 is 0. The van der Waals surface area contributed by atoms with Crippen LogP contribution in [0.2, 0.25) is 0 Å². The maximum absolute atomic E-state index is 12.6. The number of alkyl halides is 3. The first-order valence-electron chi connectivity index (χ1n) is 6.91. The molecule has 1 aromatic heterocycles. The maximum atomic E-state index is 12.6. The van der Waals surface area contributed by atoms with Crippen LogP contribution in [0.25, 0.3) is 0 Å². The van der Waals surface area contributed by atoms with Crippen LogP contribution >= 0.6 is 0 Å². The molecule has 0 N–H and O–H groups in total. The van der Waals surface area contributed by atoms with Gasteiger partial charge < -0.3 is 4.90 Å². The van der Waals surface area contributed by atoms with E-state index in [1.165, 1.54) is 0 Å². The summed E-state index contributed by atoms with van der Waals surface area (Å²) in [4.78, 5) is 7.99. The van der Waals surface area contributed by atoms with Crippen molar-refractivity contribution in [1.82, 2.24) is 9.88 Å². The molecule has 2 aliphatic rings. The number of pyridine rings is 1. The minimum absolute atomic E-state index is 0.0101. The van der Waals surface area contributed by atoms with Crippen molar-refractivity contribution in [3.05, 3.63) is 24.0 Å². The molecule has 2 unspecified atom stereocenters. The van der Waals surface area contributed by atoms with E-state index in [1.807, 2.05) is 13.0 Å². The quantitative estimate of drug-likeness (QED) is 0.832. The van der Waals surface area contributed by atoms with Crippen LogP contribution in [0.15, 0.2) is 18.5 Å². The van der Waals surface area contributed by atoms with E-state index in [2.05, 4.69) is 9.88 Å². The Morgan fingerprint density at radius 1 is 1.20 bits per heavy atom. The van der Waals surface area contributed by atoms with Gasteiger partial charge in [-0.15, -0.1) is 0 Å². The fourth-order valence-corrected chi connectivity index (χ4v) is 3.38. The van der Waals surface area contributed by atoms with Crippen molar-refractivity contribution >= 4 is 5.69 Å². The number of aryl methyl sites for hydroxylation is 1. The van der Waals surface area contributed by atoms with Gasteiger partial charge in [0.25, 0.3) is 0 Å². The van der Waals surface area contributed by atoms with Gasteiger partial charge in [-0.3, -0.25) is 9.88 Å². The molecular weight excluding hydrogens is 267 g/mol. The van der Waals surface area contributed by atoms with Gasteiger partial charge in [0.2, 0.25) is 0 Å². The Morgan fingerprint density at radius 2 is 1.85 bits per heavy atom. The number of nitrogens with zero attached hydrogens (tertiary/aromatic N) is 3. The molecular formula is C14H18F3N3. The molecule has 2 aliphatic heterocycles. The van der Waals surface area contributed by atoms with Crippen LogP contribution < -0.4 is 4.90 Å². The molecule has 0 amide bonds. The van der Waals surface area contributed by atoms with Crippen LogP contribution in [-0.4, -0.2) is 47.8 Å². The lowest BCUT2D eigenvalue weighted by molar-refractivity contribution is -0.153. The Balaban J connectivity index is 1.73. The zero-order chi connectivity index (χ0) is 14.3. The number of rotatable bonds is 2.